The molecule has 0 aromatic heterocycles. The zero-order chi connectivity index (χ0) is 19.2. The van der Waals surface area contributed by atoms with Gasteiger partial charge in [-0.3, -0.25) is 9.69 Å². The van der Waals surface area contributed by atoms with Gasteiger partial charge in [-0.2, -0.15) is 0 Å². The Morgan fingerprint density at radius 1 is 1.22 bits per heavy atom. The van der Waals surface area contributed by atoms with E-state index in [0.717, 1.165) is 49.4 Å². The lowest BCUT2D eigenvalue weighted by atomic mass is 9.96. The fourth-order valence-electron chi connectivity index (χ4n) is 3.38. The van der Waals surface area contributed by atoms with Gasteiger partial charge in [0.1, 0.15) is 5.75 Å². The van der Waals surface area contributed by atoms with Crippen molar-refractivity contribution in [2.45, 2.75) is 25.9 Å². The Labute approximate surface area is 170 Å². The third kappa shape index (κ3) is 5.61. The minimum Gasteiger partial charge on any atom is -0.497 e. The molecule has 2 aromatic carbocycles. The van der Waals surface area contributed by atoms with Crippen molar-refractivity contribution < 1.29 is 9.53 Å². The van der Waals surface area contributed by atoms with Crippen LogP contribution >= 0.6 is 23.2 Å². The Kier molecular flexibility index (Phi) is 7.00. The van der Waals surface area contributed by atoms with Crippen LogP contribution in [0.25, 0.3) is 0 Å². The number of halogens is 2. The van der Waals surface area contributed by atoms with Crippen LogP contribution in [0.15, 0.2) is 42.5 Å². The van der Waals surface area contributed by atoms with Gasteiger partial charge in [-0.15, -0.1) is 0 Å². The quantitative estimate of drug-likeness (QED) is 0.765. The highest BCUT2D eigenvalue weighted by molar-refractivity contribution is 6.35. The van der Waals surface area contributed by atoms with Crippen LogP contribution in [0.4, 0.5) is 0 Å². The van der Waals surface area contributed by atoms with E-state index in [1.54, 1.807) is 13.2 Å². The molecular formula is C21H24Cl2N2O2. The van der Waals surface area contributed by atoms with E-state index in [4.69, 9.17) is 27.9 Å². The van der Waals surface area contributed by atoms with E-state index in [0.29, 0.717) is 16.6 Å². The summed E-state index contributed by atoms with van der Waals surface area (Å²) in [6, 6.07) is 13.3. The maximum absolute atomic E-state index is 12.6. The molecule has 0 spiro atoms. The van der Waals surface area contributed by atoms with Crippen molar-refractivity contribution in [2.24, 2.45) is 5.92 Å². The topological polar surface area (TPSA) is 41.6 Å². The molecule has 1 heterocycles. The van der Waals surface area contributed by atoms with Crippen LogP contribution in [-0.2, 0) is 17.9 Å². The number of methoxy groups -OCH3 is 1. The van der Waals surface area contributed by atoms with Crippen molar-refractivity contribution in [3.63, 3.8) is 0 Å². The van der Waals surface area contributed by atoms with Crippen LogP contribution in [0.1, 0.15) is 24.0 Å². The molecule has 1 N–H and O–H groups in total. The second-order valence-corrected chi connectivity index (χ2v) is 7.72. The summed E-state index contributed by atoms with van der Waals surface area (Å²) in [6.07, 6.45) is 1.92. The van der Waals surface area contributed by atoms with Gasteiger partial charge in [0, 0.05) is 29.7 Å². The predicted octanol–water partition coefficient (Wildman–Crippen LogP) is 4.53. The van der Waals surface area contributed by atoms with Gasteiger partial charge in [-0.25, -0.2) is 0 Å². The molecule has 1 aliphatic heterocycles. The number of rotatable bonds is 6. The summed E-state index contributed by atoms with van der Waals surface area (Å²) >= 11 is 12.3. The number of benzene rings is 2. The molecule has 4 nitrogen and oxygen atoms in total. The molecule has 27 heavy (non-hydrogen) atoms. The van der Waals surface area contributed by atoms with Gasteiger partial charge in [0.15, 0.2) is 0 Å². The maximum Gasteiger partial charge on any atom is 0.224 e. The van der Waals surface area contributed by atoms with Crippen LogP contribution in [0.2, 0.25) is 10.0 Å². The molecule has 1 unspecified atom stereocenters. The molecule has 144 valence electrons. The largest absolute Gasteiger partial charge is 0.497 e. The van der Waals surface area contributed by atoms with E-state index in [1.165, 1.54) is 0 Å². The van der Waals surface area contributed by atoms with Gasteiger partial charge in [0.05, 0.1) is 13.0 Å². The SMILES string of the molecule is COc1ccc(CNC(=O)C2CCCN(Cc3ccc(Cl)cc3Cl)C2)cc1. The Morgan fingerprint density at radius 3 is 2.70 bits per heavy atom. The van der Waals surface area contributed by atoms with Crippen molar-refractivity contribution in [3.8, 4) is 5.75 Å². The van der Waals surface area contributed by atoms with Gasteiger partial charge < -0.3 is 10.1 Å². The normalized spacial score (nSPS) is 17.5. The Hall–Kier alpha value is -1.75. The summed E-state index contributed by atoms with van der Waals surface area (Å²) in [5, 5.41) is 4.37. The molecule has 1 saturated heterocycles. The van der Waals surface area contributed by atoms with E-state index in [1.807, 2.05) is 36.4 Å². The fraction of sp³-hybridized carbons (Fsp3) is 0.381. The van der Waals surface area contributed by atoms with Gasteiger partial charge in [0.25, 0.3) is 0 Å². The molecule has 2 aromatic rings. The molecule has 1 aliphatic rings. The number of carbonyl (C=O) groups excluding carboxylic acids is 1. The molecule has 6 heteroatoms. The van der Waals surface area contributed by atoms with E-state index >= 15 is 0 Å². The second kappa shape index (κ2) is 9.45. The van der Waals surface area contributed by atoms with Crippen LogP contribution in [0.3, 0.4) is 0 Å². The second-order valence-electron chi connectivity index (χ2n) is 6.88. The van der Waals surface area contributed by atoms with Crippen LogP contribution in [-0.4, -0.2) is 31.0 Å². The molecule has 0 aliphatic carbocycles. The molecular weight excluding hydrogens is 383 g/mol. The molecule has 0 radical (unpaired) electrons. The number of ether oxygens (including phenoxy) is 1. The van der Waals surface area contributed by atoms with Crippen LogP contribution < -0.4 is 10.1 Å². The molecule has 1 fully saturated rings. The van der Waals surface area contributed by atoms with Crippen molar-refractivity contribution in [1.29, 1.82) is 0 Å². The lowest BCUT2D eigenvalue weighted by molar-refractivity contribution is -0.126. The predicted molar refractivity (Wildman–Crippen MR) is 109 cm³/mol. The van der Waals surface area contributed by atoms with Gasteiger partial charge in [-0.05, 0) is 54.8 Å². The smallest absolute Gasteiger partial charge is 0.224 e. The Bertz CT molecular complexity index is 780. The number of nitrogens with one attached hydrogen (secondary N) is 1. The highest BCUT2D eigenvalue weighted by atomic mass is 35.5. The van der Waals surface area contributed by atoms with Gasteiger partial charge in [-0.1, -0.05) is 41.4 Å². The van der Waals surface area contributed by atoms with Gasteiger partial charge >= 0.3 is 0 Å². The number of amides is 1. The summed E-state index contributed by atoms with van der Waals surface area (Å²) in [5.74, 6) is 0.926. The summed E-state index contributed by atoms with van der Waals surface area (Å²) in [7, 11) is 1.64. The Balaban J connectivity index is 1.52. The highest BCUT2D eigenvalue weighted by Crippen LogP contribution is 2.25. The molecule has 1 atom stereocenters. The van der Waals surface area contributed by atoms with Crippen molar-refractivity contribution >= 4 is 29.1 Å². The molecule has 3 rings (SSSR count). The standard InChI is InChI=1S/C21H24Cl2N2O2/c1-27-19-8-4-15(5-9-19)12-24-21(26)17-3-2-10-25(14-17)13-16-6-7-18(22)11-20(16)23/h4-9,11,17H,2-3,10,12-14H2,1H3,(H,24,26). The summed E-state index contributed by atoms with van der Waals surface area (Å²) in [5.41, 5.74) is 2.10. The number of likely N-dealkylation sites (tertiary alicyclic amines) is 1. The Morgan fingerprint density at radius 2 is 2.00 bits per heavy atom. The monoisotopic (exact) mass is 406 g/mol. The summed E-state index contributed by atoms with van der Waals surface area (Å²) in [6.45, 7) is 2.98. The number of nitrogens with zero attached hydrogens (tertiary/aromatic N) is 1. The lowest BCUT2D eigenvalue weighted by Crippen LogP contribution is -2.42. The number of hydrogen-bond acceptors (Lipinski definition) is 3. The first-order valence-electron chi connectivity index (χ1n) is 9.12. The maximum atomic E-state index is 12.6. The summed E-state index contributed by atoms with van der Waals surface area (Å²) < 4.78 is 5.16. The van der Waals surface area contributed by atoms with Crippen LogP contribution in [0, 0.1) is 5.92 Å². The van der Waals surface area contributed by atoms with Crippen molar-refractivity contribution in [2.75, 3.05) is 20.2 Å². The fourth-order valence-corrected chi connectivity index (χ4v) is 3.85. The van der Waals surface area contributed by atoms with Crippen molar-refractivity contribution in [3.05, 3.63) is 63.6 Å². The minimum atomic E-state index is 0.00285. The van der Waals surface area contributed by atoms with Crippen molar-refractivity contribution in [1.82, 2.24) is 10.2 Å². The highest BCUT2D eigenvalue weighted by Gasteiger charge is 2.26. The van der Waals surface area contributed by atoms with E-state index in [2.05, 4.69) is 10.2 Å². The molecule has 1 amide bonds. The average molecular weight is 407 g/mol. The lowest BCUT2D eigenvalue weighted by Gasteiger charge is -2.32. The summed E-state index contributed by atoms with van der Waals surface area (Å²) in [4.78, 5) is 14.9. The van der Waals surface area contributed by atoms with Gasteiger partial charge in [0.2, 0.25) is 5.91 Å². The number of hydrogen-bond donors (Lipinski definition) is 1. The number of carbonyl (C=O) groups is 1. The van der Waals surface area contributed by atoms with Crippen LogP contribution in [0.5, 0.6) is 5.75 Å². The first kappa shape index (κ1) is 20.0. The van der Waals surface area contributed by atoms with E-state index < -0.39 is 0 Å². The van der Waals surface area contributed by atoms with E-state index in [9.17, 15) is 4.79 Å². The zero-order valence-corrected chi connectivity index (χ0v) is 16.9. The zero-order valence-electron chi connectivity index (χ0n) is 15.4. The molecule has 0 bridgehead atoms. The third-order valence-corrected chi connectivity index (χ3v) is 5.50. The molecule has 0 saturated carbocycles. The van der Waals surface area contributed by atoms with E-state index in [-0.39, 0.29) is 11.8 Å². The third-order valence-electron chi connectivity index (χ3n) is 4.91. The minimum absolute atomic E-state index is 0.00285. The number of piperidine rings is 1. The first-order valence-corrected chi connectivity index (χ1v) is 9.87. The average Bonchev–Trinajstić information content (AvgIpc) is 2.69. The first-order chi connectivity index (χ1) is 13.0.